The van der Waals surface area contributed by atoms with Gasteiger partial charge in [-0.1, -0.05) is 6.92 Å². The summed E-state index contributed by atoms with van der Waals surface area (Å²) in [5.74, 6) is -1.43. The van der Waals surface area contributed by atoms with E-state index in [1.54, 1.807) is 0 Å². The van der Waals surface area contributed by atoms with Crippen LogP contribution in [0.1, 0.15) is 39.0 Å². The van der Waals surface area contributed by atoms with Crippen molar-refractivity contribution in [3.63, 3.8) is 0 Å². The average molecular weight is 414 g/mol. The Bertz CT molecular complexity index is 452. The topological polar surface area (TPSA) is 73.4 Å². The minimum atomic E-state index is -1.43. The first-order chi connectivity index (χ1) is 12.5. The van der Waals surface area contributed by atoms with E-state index in [-0.39, 0.29) is 30.3 Å². The van der Waals surface area contributed by atoms with Crippen molar-refractivity contribution in [1.82, 2.24) is 16.0 Å². The highest BCUT2D eigenvalue weighted by atomic mass is 35.5. The summed E-state index contributed by atoms with van der Waals surface area (Å²) >= 11 is 6.62. The van der Waals surface area contributed by atoms with E-state index in [9.17, 15) is 13.6 Å². The smallest absolute Gasteiger partial charge is 0.226 e. The van der Waals surface area contributed by atoms with Crippen LogP contribution in [0.5, 0.6) is 0 Å². The van der Waals surface area contributed by atoms with Gasteiger partial charge in [0.05, 0.1) is 11.2 Å². The van der Waals surface area contributed by atoms with Gasteiger partial charge in [-0.25, -0.2) is 8.78 Å². The van der Waals surface area contributed by atoms with Gasteiger partial charge in [-0.3, -0.25) is 4.79 Å². The quantitative estimate of drug-likeness (QED) is 0.279. The molecular weight excluding hydrogens is 384 g/mol. The number of hydrogen-bond donors (Lipinski definition) is 4. The van der Waals surface area contributed by atoms with Crippen LogP contribution in [0.25, 0.3) is 0 Å². The van der Waals surface area contributed by atoms with Crippen LogP contribution in [0.15, 0.2) is 0 Å². The largest absolute Gasteiger partial charge is 0.351 e. The lowest BCUT2D eigenvalue weighted by Gasteiger charge is -2.37. The molecule has 0 bridgehead atoms. The van der Waals surface area contributed by atoms with E-state index >= 15 is 0 Å². The molecule has 152 valence electrons. The third-order valence-corrected chi connectivity index (χ3v) is 6.48. The third-order valence-electron chi connectivity index (χ3n) is 5.32. The fourth-order valence-electron chi connectivity index (χ4n) is 3.79. The molecule has 0 aromatic carbocycles. The summed E-state index contributed by atoms with van der Waals surface area (Å²) < 4.78 is 37.4. The highest BCUT2D eigenvalue weighted by Crippen LogP contribution is 2.35. The molecule has 2 saturated carbocycles. The van der Waals surface area contributed by atoms with Gasteiger partial charge in [0.2, 0.25) is 5.91 Å². The summed E-state index contributed by atoms with van der Waals surface area (Å²) in [6.45, 7) is 4.50. The van der Waals surface area contributed by atoms with Crippen LogP contribution in [0.3, 0.4) is 0 Å². The van der Waals surface area contributed by atoms with Crippen LogP contribution in [-0.2, 0) is 4.79 Å². The predicted octanol–water partition coefficient (Wildman–Crippen LogP) is 2.49. The van der Waals surface area contributed by atoms with E-state index in [2.05, 4.69) is 16.0 Å². The second-order valence-corrected chi connectivity index (χ2v) is 8.63. The summed E-state index contributed by atoms with van der Waals surface area (Å²) in [4.78, 5) is 12.6. The number of nitrogens with one attached hydrogen (secondary N) is 3. The van der Waals surface area contributed by atoms with Crippen molar-refractivity contribution in [3.05, 3.63) is 0 Å². The van der Waals surface area contributed by atoms with Crippen molar-refractivity contribution in [3.8, 4) is 0 Å². The summed E-state index contributed by atoms with van der Waals surface area (Å²) in [6.07, 6.45) is -0.894. The van der Waals surface area contributed by atoms with Crippen LogP contribution < -0.4 is 16.0 Å². The molecule has 2 rings (SSSR count). The number of hydrogen-bond acceptors (Lipinski definition) is 5. The highest BCUT2D eigenvalue weighted by molar-refractivity contribution is 7.94. The standard InChI is InChI=1S/C17H30ClF2N3O2S/c1-2-21-5-6-22-15-7-10(18)3-4-14(15)23-17(24)11-8-13(20)16(26-25)9-12(11)19/h10-16,21-22,25H,2-9H2,1H3,(H,23,24). The Hall–Kier alpha value is -0.150. The van der Waals surface area contributed by atoms with Crippen molar-refractivity contribution in [2.75, 3.05) is 19.6 Å². The average Bonchev–Trinajstić information content (AvgIpc) is 2.62. The summed E-state index contributed by atoms with van der Waals surface area (Å²) in [5.41, 5.74) is 0. The summed E-state index contributed by atoms with van der Waals surface area (Å²) in [5, 5.41) is 8.84. The first-order valence-electron chi connectivity index (χ1n) is 9.43. The molecule has 2 fully saturated rings. The molecule has 7 unspecified atom stereocenters. The Morgan fingerprint density at radius 1 is 1.15 bits per heavy atom. The van der Waals surface area contributed by atoms with Gasteiger partial charge in [0, 0.05) is 30.6 Å². The van der Waals surface area contributed by atoms with Gasteiger partial charge in [0.15, 0.2) is 0 Å². The monoisotopic (exact) mass is 413 g/mol. The second-order valence-electron chi connectivity index (χ2n) is 7.19. The molecule has 26 heavy (non-hydrogen) atoms. The lowest BCUT2D eigenvalue weighted by Crippen LogP contribution is -2.56. The number of likely N-dealkylation sites (N-methyl/N-ethyl adjacent to an activating group) is 1. The molecule has 0 aliphatic heterocycles. The maximum absolute atomic E-state index is 14.3. The number of rotatable bonds is 8. The van der Waals surface area contributed by atoms with Gasteiger partial charge in [0.1, 0.15) is 12.3 Å². The van der Waals surface area contributed by atoms with Gasteiger partial charge < -0.3 is 20.5 Å². The summed E-state index contributed by atoms with van der Waals surface area (Å²) in [7, 11) is 0. The van der Waals surface area contributed by atoms with Gasteiger partial charge in [-0.15, -0.1) is 11.6 Å². The first kappa shape index (κ1) is 22.1. The lowest BCUT2D eigenvalue weighted by molar-refractivity contribution is -0.130. The fourth-order valence-corrected chi connectivity index (χ4v) is 4.62. The Labute approximate surface area is 163 Å². The maximum Gasteiger partial charge on any atom is 0.226 e. The van der Waals surface area contributed by atoms with Crippen LogP contribution in [0, 0.1) is 5.92 Å². The molecule has 2 aliphatic rings. The number of amides is 1. The first-order valence-corrected chi connectivity index (χ1v) is 10.7. The zero-order valence-electron chi connectivity index (χ0n) is 15.1. The molecule has 2 aliphatic carbocycles. The van der Waals surface area contributed by atoms with Crippen molar-refractivity contribution in [2.24, 2.45) is 5.92 Å². The molecule has 9 heteroatoms. The summed E-state index contributed by atoms with van der Waals surface area (Å²) in [6, 6.07) is -0.105. The van der Waals surface area contributed by atoms with Crippen LogP contribution in [0.2, 0.25) is 0 Å². The molecule has 5 nitrogen and oxygen atoms in total. The van der Waals surface area contributed by atoms with E-state index in [0.717, 1.165) is 38.9 Å². The van der Waals surface area contributed by atoms with Gasteiger partial charge in [-0.2, -0.15) is 0 Å². The van der Waals surface area contributed by atoms with Crippen molar-refractivity contribution in [1.29, 1.82) is 0 Å². The van der Waals surface area contributed by atoms with Crippen molar-refractivity contribution < 1.29 is 18.1 Å². The van der Waals surface area contributed by atoms with Crippen LogP contribution in [-0.4, -0.2) is 65.1 Å². The molecule has 0 radical (unpaired) electrons. The zero-order valence-corrected chi connectivity index (χ0v) is 16.7. The van der Waals surface area contributed by atoms with E-state index in [1.165, 1.54) is 0 Å². The van der Waals surface area contributed by atoms with Crippen molar-refractivity contribution in [2.45, 2.75) is 74.1 Å². The second kappa shape index (κ2) is 11.0. The molecule has 4 N–H and O–H groups in total. The number of alkyl halides is 3. The van der Waals surface area contributed by atoms with Gasteiger partial charge in [-0.05, 0) is 50.7 Å². The number of carbonyl (C=O) groups excluding carboxylic acids is 1. The normalized spacial score (nSPS) is 38.1. The predicted molar refractivity (Wildman–Crippen MR) is 102 cm³/mol. The molecule has 0 saturated heterocycles. The van der Waals surface area contributed by atoms with E-state index in [0.29, 0.717) is 12.0 Å². The third kappa shape index (κ3) is 6.19. The van der Waals surface area contributed by atoms with E-state index < -0.39 is 29.4 Å². The molecule has 0 heterocycles. The number of carbonyl (C=O) groups is 1. The molecule has 0 aromatic heterocycles. The van der Waals surface area contributed by atoms with E-state index in [4.69, 9.17) is 16.2 Å². The Morgan fingerprint density at radius 2 is 1.92 bits per heavy atom. The van der Waals surface area contributed by atoms with Crippen LogP contribution >= 0.6 is 23.6 Å². The Balaban J connectivity index is 1.90. The molecule has 7 atom stereocenters. The Kier molecular flexibility index (Phi) is 9.37. The molecule has 0 spiro atoms. The van der Waals surface area contributed by atoms with Gasteiger partial charge in [0.25, 0.3) is 0 Å². The Morgan fingerprint density at radius 3 is 2.62 bits per heavy atom. The lowest BCUT2D eigenvalue weighted by atomic mass is 9.84. The minimum absolute atomic E-state index is 0.0254. The SMILES string of the molecule is CCNCCNC1CC(Cl)CCC1NC(=O)C1CC(F)C(SO)CC1F. The minimum Gasteiger partial charge on any atom is -0.351 e. The van der Waals surface area contributed by atoms with Crippen molar-refractivity contribution >= 4 is 29.6 Å². The molecule has 0 aromatic rings. The maximum atomic E-state index is 14.3. The van der Waals surface area contributed by atoms with E-state index in [1.807, 2.05) is 6.92 Å². The molecular formula is C17H30ClF2N3O2S. The fraction of sp³-hybridized carbons (Fsp3) is 0.941. The zero-order chi connectivity index (χ0) is 19.1. The van der Waals surface area contributed by atoms with Crippen LogP contribution in [0.4, 0.5) is 8.78 Å². The number of halogens is 3. The highest BCUT2D eigenvalue weighted by Gasteiger charge is 2.42. The molecule has 1 amide bonds. The van der Waals surface area contributed by atoms with Gasteiger partial charge >= 0.3 is 0 Å².